The van der Waals surface area contributed by atoms with Gasteiger partial charge in [0.05, 0.1) is 30.2 Å². The van der Waals surface area contributed by atoms with Gasteiger partial charge in [0, 0.05) is 23.0 Å². The highest BCUT2D eigenvalue weighted by Crippen LogP contribution is 2.28. The molecule has 7 nitrogen and oxygen atoms in total. The first kappa shape index (κ1) is 20.1. The number of amides is 1. The van der Waals surface area contributed by atoms with Gasteiger partial charge in [0.1, 0.15) is 0 Å². The Balaban J connectivity index is 1.76. The summed E-state index contributed by atoms with van der Waals surface area (Å²) < 4.78 is 33.1. The van der Waals surface area contributed by atoms with Crippen LogP contribution in [-0.4, -0.2) is 50.5 Å². The number of benzene rings is 1. The molecule has 1 aliphatic heterocycles. The number of sulfonamides is 1. The minimum absolute atomic E-state index is 0.0354. The smallest absolute Gasteiger partial charge is 0.263 e. The van der Waals surface area contributed by atoms with Crippen LogP contribution in [0.25, 0.3) is 0 Å². The van der Waals surface area contributed by atoms with Crippen molar-refractivity contribution in [3.8, 4) is 0 Å². The van der Waals surface area contributed by atoms with E-state index in [1.54, 1.807) is 24.0 Å². The number of nitrogens with zero attached hydrogens (tertiary/aromatic N) is 2. The number of morpholine rings is 1. The first-order valence-corrected chi connectivity index (χ1v) is 11.1. The number of hydrogen-bond acceptors (Lipinski definition) is 6. The van der Waals surface area contributed by atoms with Crippen molar-refractivity contribution >= 4 is 44.0 Å². The third kappa shape index (κ3) is 4.60. The Bertz CT molecular complexity index is 953. The van der Waals surface area contributed by atoms with Crippen molar-refractivity contribution in [1.29, 1.82) is 0 Å². The van der Waals surface area contributed by atoms with Crippen LogP contribution in [0.5, 0.6) is 0 Å². The van der Waals surface area contributed by atoms with Crippen LogP contribution < -0.4 is 4.72 Å². The molecule has 0 atom stereocenters. The monoisotopic (exact) mass is 429 g/mol. The van der Waals surface area contributed by atoms with E-state index in [9.17, 15) is 13.2 Å². The zero-order valence-corrected chi connectivity index (χ0v) is 17.4. The van der Waals surface area contributed by atoms with Crippen LogP contribution in [0.2, 0.25) is 5.02 Å². The van der Waals surface area contributed by atoms with Gasteiger partial charge in [-0.05, 0) is 31.5 Å². The van der Waals surface area contributed by atoms with Crippen LogP contribution in [0.1, 0.15) is 16.1 Å². The number of hydrogen-bond donors (Lipinski definition) is 1. The fourth-order valence-electron chi connectivity index (χ4n) is 2.75. The van der Waals surface area contributed by atoms with Gasteiger partial charge >= 0.3 is 0 Å². The van der Waals surface area contributed by atoms with Gasteiger partial charge in [-0.15, -0.1) is 11.3 Å². The van der Waals surface area contributed by atoms with Gasteiger partial charge in [-0.25, -0.2) is 13.4 Å². The molecule has 0 radical (unpaired) electrons. The normalized spacial score (nSPS) is 15.0. The molecule has 1 aromatic carbocycles. The second kappa shape index (κ2) is 8.14. The summed E-state index contributed by atoms with van der Waals surface area (Å²) in [6.07, 6.45) is 0.139. The van der Waals surface area contributed by atoms with E-state index >= 15 is 0 Å². The molecule has 1 aromatic heterocycles. The largest absolute Gasteiger partial charge is 0.378 e. The number of thiazole rings is 1. The van der Waals surface area contributed by atoms with Gasteiger partial charge in [-0.2, -0.15) is 0 Å². The molecule has 1 fully saturated rings. The number of ether oxygens (including phenoxy) is 1. The molecule has 27 heavy (non-hydrogen) atoms. The van der Waals surface area contributed by atoms with E-state index in [-0.39, 0.29) is 22.4 Å². The molecular formula is C17H20ClN3O4S2. The lowest BCUT2D eigenvalue weighted by molar-refractivity contribution is -0.134. The van der Waals surface area contributed by atoms with E-state index < -0.39 is 10.0 Å². The second-order valence-electron chi connectivity index (χ2n) is 6.16. The first-order chi connectivity index (χ1) is 12.8. The zero-order chi connectivity index (χ0) is 19.6. The number of nitrogens with one attached hydrogen (secondary N) is 1. The Morgan fingerprint density at radius 2 is 2.04 bits per heavy atom. The van der Waals surface area contributed by atoms with Crippen molar-refractivity contribution in [3.63, 3.8) is 0 Å². The van der Waals surface area contributed by atoms with E-state index in [1.165, 1.54) is 17.4 Å². The quantitative estimate of drug-likeness (QED) is 0.789. The summed E-state index contributed by atoms with van der Waals surface area (Å²) in [5.41, 5.74) is 1.06. The third-order valence-electron chi connectivity index (χ3n) is 4.30. The molecular weight excluding hydrogens is 410 g/mol. The first-order valence-electron chi connectivity index (χ1n) is 8.37. The van der Waals surface area contributed by atoms with Crippen molar-refractivity contribution in [2.24, 2.45) is 0 Å². The molecule has 1 amide bonds. The Kier molecular flexibility index (Phi) is 6.05. The van der Waals surface area contributed by atoms with Crippen LogP contribution in [0.3, 0.4) is 0 Å². The molecule has 0 saturated carbocycles. The molecule has 1 saturated heterocycles. The highest BCUT2D eigenvalue weighted by molar-refractivity contribution is 7.93. The molecule has 2 aromatic rings. The Morgan fingerprint density at radius 3 is 2.74 bits per heavy atom. The predicted molar refractivity (Wildman–Crippen MR) is 105 cm³/mol. The van der Waals surface area contributed by atoms with E-state index in [2.05, 4.69) is 9.71 Å². The van der Waals surface area contributed by atoms with E-state index in [4.69, 9.17) is 16.3 Å². The average molecular weight is 430 g/mol. The number of aryl methyl sites for hydroxylation is 1. The lowest BCUT2D eigenvalue weighted by Gasteiger charge is -2.26. The number of rotatable bonds is 5. The molecule has 0 unspecified atom stereocenters. The van der Waals surface area contributed by atoms with E-state index in [1.807, 2.05) is 6.92 Å². The van der Waals surface area contributed by atoms with Gasteiger partial charge < -0.3 is 9.64 Å². The molecule has 1 N–H and O–H groups in total. The Hall–Kier alpha value is -1.68. The maximum atomic E-state index is 12.7. The van der Waals surface area contributed by atoms with Crippen LogP contribution in [0.15, 0.2) is 23.1 Å². The summed E-state index contributed by atoms with van der Waals surface area (Å²) in [6.45, 7) is 5.67. The molecule has 2 heterocycles. The molecule has 146 valence electrons. The van der Waals surface area contributed by atoms with Crippen LogP contribution in [0.4, 0.5) is 5.13 Å². The summed E-state index contributed by atoms with van der Waals surface area (Å²) in [7, 11) is -3.82. The zero-order valence-electron chi connectivity index (χ0n) is 15.0. The maximum Gasteiger partial charge on any atom is 0.263 e. The SMILES string of the molecule is Cc1sc(NS(=O)(=O)c2cccc(Cl)c2C)nc1CC(=O)N1CCOCC1. The van der Waals surface area contributed by atoms with Gasteiger partial charge in [0.25, 0.3) is 10.0 Å². The molecule has 0 spiro atoms. The molecule has 0 bridgehead atoms. The Labute approximate surface area is 167 Å². The number of halogens is 1. The molecule has 0 aliphatic carbocycles. The lowest BCUT2D eigenvalue weighted by Crippen LogP contribution is -2.41. The average Bonchev–Trinajstić information content (AvgIpc) is 2.96. The topological polar surface area (TPSA) is 88.6 Å². The number of anilines is 1. The van der Waals surface area contributed by atoms with Crippen LogP contribution >= 0.6 is 22.9 Å². The molecule has 1 aliphatic rings. The van der Waals surface area contributed by atoms with Crippen molar-refractivity contribution in [1.82, 2.24) is 9.88 Å². The third-order valence-corrected chi connectivity index (χ3v) is 7.25. The van der Waals surface area contributed by atoms with Gasteiger partial charge in [-0.3, -0.25) is 9.52 Å². The van der Waals surface area contributed by atoms with Crippen LogP contribution in [0, 0.1) is 13.8 Å². The summed E-state index contributed by atoms with van der Waals surface area (Å²) in [5.74, 6) is -0.0354. The molecule has 10 heteroatoms. The van der Waals surface area contributed by atoms with E-state index in [0.717, 1.165) is 4.88 Å². The molecule has 3 rings (SSSR count). The Morgan fingerprint density at radius 1 is 1.33 bits per heavy atom. The number of aromatic nitrogens is 1. The van der Waals surface area contributed by atoms with E-state index in [0.29, 0.717) is 42.6 Å². The second-order valence-corrected chi connectivity index (χ2v) is 9.42. The van der Waals surface area contributed by atoms with Gasteiger partial charge in [-0.1, -0.05) is 17.7 Å². The summed E-state index contributed by atoms with van der Waals surface area (Å²) in [4.78, 5) is 19.4. The highest BCUT2D eigenvalue weighted by atomic mass is 35.5. The minimum atomic E-state index is -3.82. The maximum absolute atomic E-state index is 12.7. The predicted octanol–water partition coefficient (Wildman–Crippen LogP) is 2.62. The van der Waals surface area contributed by atoms with Crippen molar-refractivity contribution in [3.05, 3.63) is 39.4 Å². The van der Waals surface area contributed by atoms with Crippen LogP contribution in [-0.2, 0) is 26.0 Å². The van der Waals surface area contributed by atoms with Gasteiger partial charge in [0.15, 0.2) is 5.13 Å². The highest BCUT2D eigenvalue weighted by Gasteiger charge is 2.23. The number of carbonyl (C=O) groups excluding carboxylic acids is 1. The fourth-order valence-corrected chi connectivity index (χ4v) is 5.32. The summed E-state index contributed by atoms with van der Waals surface area (Å²) in [5, 5.41) is 0.613. The summed E-state index contributed by atoms with van der Waals surface area (Å²) >= 11 is 7.23. The lowest BCUT2D eigenvalue weighted by atomic mass is 10.2. The summed E-state index contributed by atoms with van der Waals surface area (Å²) in [6, 6.07) is 4.72. The van der Waals surface area contributed by atoms with Crippen molar-refractivity contribution in [2.45, 2.75) is 25.2 Å². The van der Waals surface area contributed by atoms with Crippen molar-refractivity contribution in [2.75, 3.05) is 31.0 Å². The van der Waals surface area contributed by atoms with Gasteiger partial charge in [0.2, 0.25) is 5.91 Å². The fraction of sp³-hybridized carbons (Fsp3) is 0.412. The number of carbonyl (C=O) groups is 1. The minimum Gasteiger partial charge on any atom is -0.378 e. The van der Waals surface area contributed by atoms with Crippen molar-refractivity contribution < 1.29 is 17.9 Å². The standard InChI is InChI=1S/C17H20ClN3O4S2/c1-11-13(18)4-3-5-15(11)27(23,24)20-17-19-14(12(2)26-17)10-16(22)21-6-8-25-9-7-21/h3-5H,6-10H2,1-2H3,(H,19,20).